The maximum atomic E-state index is 2.56. The van der Waals surface area contributed by atoms with Gasteiger partial charge in [0.15, 0.2) is 0 Å². The Morgan fingerprint density at radius 3 is 1.64 bits per heavy atom. The van der Waals surface area contributed by atoms with Crippen LogP contribution in [0.25, 0.3) is 0 Å². The van der Waals surface area contributed by atoms with Crippen molar-refractivity contribution in [2.24, 2.45) is 0 Å². The monoisotopic (exact) mass is 421 g/mol. The molecule has 1 aliphatic rings. The van der Waals surface area contributed by atoms with Crippen LogP contribution in [0.15, 0.2) is 0 Å². The van der Waals surface area contributed by atoms with Crippen LogP contribution in [0, 0.1) is 37.2 Å². The first-order chi connectivity index (χ1) is 5.91. The Hall–Kier alpha value is 0.972. The zero-order valence-corrected chi connectivity index (χ0v) is 14.4. The van der Waals surface area contributed by atoms with E-state index in [9.17, 15) is 0 Å². The minimum Gasteiger partial charge on any atom is -0.452 e. The molecule has 1 saturated heterocycles. The second kappa shape index (κ2) is 5.89. The average Bonchev–Trinajstić information content (AvgIpc) is 2.03. The van der Waals surface area contributed by atoms with Crippen molar-refractivity contribution in [2.45, 2.75) is 40.2 Å². The quantitative estimate of drug-likeness (QED) is 0.598. The van der Waals surface area contributed by atoms with Crippen molar-refractivity contribution in [2.75, 3.05) is 26.2 Å². The summed E-state index contributed by atoms with van der Waals surface area (Å²) in [6, 6.07) is 1.45. The Bertz CT molecular complexity index is 155. The third-order valence-corrected chi connectivity index (χ3v) is 2.86. The van der Waals surface area contributed by atoms with Crippen LogP contribution in [-0.4, -0.2) is 41.5 Å². The SMILES string of the molecule is C[C-](C)N1CCN(C(C)(C)C)CC1.[U]. The zero-order chi connectivity index (χ0) is 10.1. The van der Waals surface area contributed by atoms with Gasteiger partial charge in [-0.3, -0.25) is 10.9 Å². The van der Waals surface area contributed by atoms with E-state index in [4.69, 9.17) is 0 Å². The molecule has 1 aliphatic heterocycles. The number of piperazine rings is 1. The Kier molecular flexibility index (Phi) is 6.30. The fourth-order valence-corrected chi connectivity index (χ4v) is 1.82. The summed E-state index contributed by atoms with van der Waals surface area (Å²) in [4.78, 5) is 5.04. The van der Waals surface area contributed by atoms with Crippen LogP contribution in [0.1, 0.15) is 34.6 Å². The smallest absolute Gasteiger partial charge is 0.0126 e. The number of nitrogens with zero attached hydrogens (tertiary/aromatic N) is 2. The normalized spacial score (nSPS) is 21.0. The summed E-state index contributed by atoms with van der Waals surface area (Å²) in [5.41, 5.74) is 0.341. The van der Waals surface area contributed by atoms with E-state index in [1.165, 1.54) is 32.2 Å². The van der Waals surface area contributed by atoms with Gasteiger partial charge in [-0.2, -0.15) is 13.8 Å². The van der Waals surface area contributed by atoms with Gasteiger partial charge in [-0.05, 0) is 33.9 Å². The first-order valence-electron chi connectivity index (χ1n) is 5.21. The molecule has 0 aromatic carbocycles. The van der Waals surface area contributed by atoms with Crippen LogP contribution in [0.2, 0.25) is 0 Å². The van der Waals surface area contributed by atoms with Gasteiger partial charge in [0, 0.05) is 49.7 Å². The van der Waals surface area contributed by atoms with E-state index in [-0.39, 0.29) is 31.1 Å². The molecule has 82 valence electrons. The molecule has 3 heteroatoms. The third-order valence-electron chi connectivity index (χ3n) is 2.86. The zero-order valence-electron chi connectivity index (χ0n) is 10.2. The summed E-state index contributed by atoms with van der Waals surface area (Å²) >= 11 is 0. The molecule has 1 rings (SSSR count). The second-order valence-corrected chi connectivity index (χ2v) is 5.09. The molecular formula is C11H23N2U-. The van der Waals surface area contributed by atoms with E-state index in [0.29, 0.717) is 5.54 Å². The molecule has 0 aliphatic carbocycles. The van der Waals surface area contributed by atoms with Crippen molar-refractivity contribution in [3.8, 4) is 0 Å². The number of hydrogen-bond donors (Lipinski definition) is 0. The Morgan fingerprint density at radius 2 is 1.36 bits per heavy atom. The van der Waals surface area contributed by atoms with E-state index in [0.717, 1.165) is 0 Å². The molecule has 0 radical (unpaired) electrons. The van der Waals surface area contributed by atoms with Crippen molar-refractivity contribution in [1.82, 2.24) is 9.80 Å². The minimum atomic E-state index is 0. The van der Waals surface area contributed by atoms with Gasteiger partial charge >= 0.3 is 0 Å². The molecule has 0 N–H and O–H groups in total. The van der Waals surface area contributed by atoms with Crippen molar-refractivity contribution >= 4 is 0 Å². The largest absolute Gasteiger partial charge is 0.452 e. The molecule has 0 aromatic heterocycles. The third kappa shape index (κ3) is 4.23. The van der Waals surface area contributed by atoms with E-state index < -0.39 is 0 Å². The second-order valence-electron chi connectivity index (χ2n) is 5.09. The van der Waals surface area contributed by atoms with Gasteiger partial charge in [0.25, 0.3) is 0 Å². The molecule has 0 atom stereocenters. The van der Waals surface area contributed by atoms with Crippen LogP contribution >= 0.6 is 0 Å². The average molecular weight is 421 g/mol. The molecule has 0 aromatic rings. The molecule has 2 nitrogen and oxygen atoms in total. The van der Waals surface area contributed by atoms with Gasteiger partial charge in [0.2, 0.25) is 0 Å². The molecule has 1 fully saturated rings. The Balaban J connectivity index is 0.00000169. The summed E-state index contributed by atoms with van der Waals surface area (Å²) in [5.74, 6) is 0. The maximum absolute atomic E-state index is 2.56. The van der Waals surface area contributed by atoms with Crippen molar-refractivity contribution < 1.29 is 31.1 Å². The maximum Gasteiger partial charge on any atom is 0.0126 e. The topological polar surface area (TPSA) is 6.48 Å². The van der Waals surface area contributed by atoms with Crippen LogP contribution in [0.4, 0.5) is 0 Å². The van der Waals surface area contributed by atoms with Crippen LogP contribution in [-0.2, 0) is 0 Å². The minimum absolute atomic E-state index is 0. The number of hydrogen-bond acceptors (Lipinski definition) is 2. The summed E-state index contributed by atoms with van der Waals surface area (Å²) in [6.45, 7) is 16.1. The van der Waals surface area contributed by atoms with Gasteiger partial charge in [0.05, 0.1) is 0 Å². The van der Waals surface area contributed by atoms with Crippen molar-refractivity contribution in [3.63, 3.8) is 0 Å². The van der Waals surface area contributed by atoms with E-state index >= 15 is 0 Å². The first-order valence-corrected chi connectivity index (χ1v) is 5.21. The molecular weight excluding hydrogens is 398 g/mol. The predicted molar refractivity (Wildman–Crippen MR) is 57.5 cm³/mol. The van der Waals surface area contributed by atoms with E-state index in [1.807, 2.05) is 0 Å². The molecule has 0 saturated carbocycles. The Labute approximate surface area is 113 Å². The van der Waals surface area contributed by atoms with Crippen LogP contribution in [0.5, 0.6) is 0 Å². The van der Waals surface area contributed by atoms with Gasteiger partial charge in [-0.25, -0.2) is 0 Å². The summed E-state index contributed by atoms with van der Waals surface area (Å²) in [5, 5.41) is 0. The molecule has 0 amide bonds. The van der Waals surface area contributed by atoms with Gasteiger partial charge in [-0.1, -0.05) is 0 Å². The summed E-state index contributed by atoms with van der Waals surface area (Å²) in [7, 11) is 0. The van der Waals surface area contributed by atoms with E-state index in [2.05, 4.69) is 44.4 Å². The van der Waals surface area contributed by atoms with Crippen LogP contribution < -0.4 is 0 Å². The van der Waals surface area contributed by atoms with Crippen LogP contribution in [0.3, 0.4) is 0 Å². The van der Waals surface area contributed by atoms with Crippen molar-refractivity contribution in [3.05, 3.63) is 6.04 Å². The summed E-state index contributed by atoms with van der Waals surface area (Å²) in [6.07, 6.45) is 0. The molecule has 14 heavy (non-hydrogen) atoms. The molecule has 0 bridgehead atoms. The van der Waals surface area contributed by atoms with Gasteiger partial charge in [-0.15, -0.1) is 0 Å². The number of rotatable bonds is 1. The van der Waals surface area contributed by atoms with Crippen molar-refractivity contribution in [1.29, 1.82) is 0 Å². The fraction of sp³-hybridized carbons (Fsp3) is 0.909. The molecule has 1 heterocycles. The van der Waals surface area contributed by atoms with Gasteiger partial charge < -0.3 is 4.90 Å². The predicted octanol–water partition coefficient (Wildman–Crippen LogP) is 1.97. The molecule has 0 spiro atoms. The molecule has 0 unspecified atom stereocenters. The van der Waals surface area contributed by atoms with Gasteiger partial charge in [0.1, 0.15) is 0 Å². The standard InChI is InChI=1S/C11H23N2.U/c1-10(2)12-6-8-13(9-7-12)11(3,4)5;/h6-9H2,1-5H3;/q-1;. The first kappa shape index (κ1) is 15.0. The summed E-state index contributed by atoms with van der Waals surface area (Å²) < 4.78 is 0. The van der Waals surface area contributed by atoms with E-state index in [1.54, 1.807) is 0 Å². The fourth-order valence-electron chi connectivity index (χ4n) is 1.82. The Morgan fingerprint density at radius 1 is 0.929 bits per heavy atom.